The molecule has 0 atom stereocenters. The van der Waals surface area contributed by atoms with Crippen LogP contribution >= 0.6 is 11.6 Å². The molecular formula is C18H19ClN2O2. The van der Waals surface area contributed by atoms with E-state index in [1.165, 1.54) is 0 Å². The number of aryl methyl sites for hydroxylation is 1. The van der Waals surface area contributed by atoms with E-state index in [0.29, 0.717) is 16.4 Å². The Morgan fingerprint density at radius 3 is 2.26 bits per heavy atom. The Kier molecular flexibility index (Phi) is 5.06. The third-order valence-corrected chi connectivity index (χ3v) is 3.86. The van der Waals surface area contributed by atoms with Crippen molar-refractivity contribution in [1.82, 2.24) is 0 Å². The number of nitrogens with one attached hydrogen (secondary N) is 2. The fourth-order valence-electron chi connectivity index (χ4n) is 1.95. The van der Waals surface area contributed by atoms with E-state index in [2.05, 4.69) is 10.6 Å². The zero-order valence-corrected chi connectivity index (χ0v) is 14.1. The van der Waals surface area contributed by atoms with E-state index < -0.39 is 11.3 Å². The number of hydrogen-bond donors (Lipinski definition) is 2. The molecule has 2 rings (SSSR count). The fraction of sp³-hybridized carbons (Fsp3) is 0.222. The molecule has 2 N–H and O–H groups in total. The van der Waals surface area contributed by atoms with Crippen molar-refractivity contribution < 1.29 is 9.59 Å². The highest BCUT2D eigenvalue weighted by atomic mass is 35.5. The SMILES string of the molecule is Cc1cccc(NC(=O)C(C)(C)C(=O)Nc2ccccc2Cl)c1. The van der Waals surface area contributed by atoms with Gasteiger partial charge in [-0.1, -0.05) is 35.9 Å². The normalized spacial score (nSPS) is 11.0. The fourth-order valence-corrected chi connectivity index (χ4v) is 2.14. The van der Waals surface area contributed by atoms with Crippen molar-refractivity contribution in [2.75, 3.05) is 10.6 Å². The Morgan fingerprint density at radius 1 is 0.957 bits per heavy atom. The first-order valence-corrected chi connectivity index (χ1v) is 7.62. The smallest absolute Gasteiger partial charge is 0.239 e. The molecule has 5 heteroatoms. The second-order valence-electron chi connectivity index (χ2n) is 5.88. The van der Waals surface area contributed by atoms with Crippen LogP contribution in [0.2, 0.25) is 5.02 Å². The van der Waals surface area contributed by atoms with E-state index in [1.807, 2.05) is 25.1 Å². The van der Waals surface area contributed by atoms with Crippen LogP contribution in [0.1, 0.15) is 19.4 Å². The van der Waals surface area contributed by atoms with Crippen molar-refractivity contribution in [3.8, 4) is 0 Å². The van der Waals surface area contributed by atoms with Gasteiger partial charge in [0.15, 0.2) is 0 Å². The standard InChI is InChI=1S/C18H19ClN2O2/c1-12-7-6-8-13(11-12)20-16(22)18(2,3)17(23)21-15-10-5-4-9-14(15)19/h4-11H,1-3H3,(H,20,22)(H,21,23). The summed E-state index contributed by atoms with van der Waals surface area (Å²) in [7, 11) is 0. The second-order valence-corrected chi connectivity index (χ2v) is 6.29. The molecule has 0 saturated heterocycles. The summed E-state index contributed by atoms with van der Waals surface area (Å²) in [4.78, 5) is 24.9. The summed E-state index contributed by atoms with van der Waals surface area (Å²) in [6.45, 7) is 5.08. The maximum absolute atomic E-state index is 12.5. The van der Waals surface area contributed by atoms with Gasteiger partial charge in [0.25, 0.3) is 0 Å². The van der Waals surface area contributed by atoms with Crippen molar-refractivity contribution in [3.63, 3.8) is 0 Å². The number of anilines is 2. The van der Waals surface area contributed by atoms with E-state index in [9.17, 15) is 9.59 Å². The zero-order valence-electron chi connectivity index (χ0n) is 13.3. The van der Waals surface area contributed by atoms with Gasteiger partial charge in [0.2, 0.25) is 11.8 Å². The summed E-state index contributed by atoms with van der Waals surface area (Å²) < 4.78 is 0. The van der Waals surface area contributed by atoms with Crippen molar-refractivity contribution in [1.29, 1.82) is 0 Å². The number of rotatable bonds is 4. The van der Waals surface area contributed by atoms with Crippen LogP contribution < -0.4 is 10.6 Å². The molecule has 0 aromatic heterocycles. The largest absolute Gasteiger partial charge is 0.325 e. The molecule has 0 unspecified atom stereocenters. The van der Waals surface area contributed by atoms with Gasteiger partial charge in [-0.25, -0.2) is 0 Å². The summed E-state index contributed by atoms with van der Waals surface area (Å²) in [5, 5.41) is 5.90. The highest BCUT2D eigenvalue weighted by molar-refractivity contribution is 6.34. The number of benzene rings is 2. The Bertz CT molecular complexity index is 741. The van der Waals surface area contributed by atoms with Gasteiger partial charge in [0.05, 0.1) is 10.7 Å². The van der Waals surface area contributed by atoms with Crippen molar-refractivity contribution in [3.05, 3.63) is 59.1 Å². The van der Waals surface area contributed by atoms with Crippen LogP contribution in [0.3, 0.4) is 0 Å². The number of carbonyl (C=O) groups is 2. The van der Waals surface area contributed by atoms with Crippen molar-refractivity contribution in [2.24, 2.45) is 5.41 Å². The molecule has 0 saturated carbocycles. The molecule has 2 amide bonds. The van der Waals surface area contributed by atoms with Crippen molar-refractivity contribution >= 4 is 34.8 Å². The van der Waals surface area contributed by atoms with Crippen LogP contribution in [0.5, 0.6) is 0 Å². The number of carbonyl (C=O) groups excluding carboxylic acids is 2. The maximum atomic E-state index is 12.5. The summed E-state index contributed by atoms with van der Waals surface area (Å²) >= 11 is 6.03. The Labute approximate surface area is 140 Å². The van der Waals surface area contributed by atoms with E-state index >= 15 is 0 Å². The van der Waals surface area contributed by atoms with Crippen LogP contribution in [-0.2, 0) is 9.59 Å². The average Bonchev–Trinajstić information content (AvgIpc) is 2.49. The summed E-state index contributed by atoms with van der Waals surface area (Å²) in [6.07, 6.45) is 0. The van der Waals surface area contributed by atoms with Crippen LogP contribution in [0, 0.1) is 12.3 Å². The lowest BCUT2D eigenvalue weighted by atomic mass is 9.90. The van der Waals surface area contributed by atoms with Gasteiger partial charge in [-0.15, -0.1) is 0 Å². The predicted molar refractivity (Wildman–Crippen MR) is 93.7 cm³/mol. The molecule has 0 bridgehead atoms. The minimum Gasteiger partial charge on any atom is -0.325 e. The molecule has 0 aliphatic rings. The van der Waals surface area contributed by atoms with Crippen LogP contribution in [0.15, 0.2) is 48.5 Å². The van der Waals surface area contributed by atoms with E-state index in [4.69, 9.17) is 11.6 Å². The monoisotopic (exact) mass is 330 g/mol. The third kappa shape index (κ3) is 4.11. The van der Waals surface area contributed by atoms with E-state index in [1.54, 1.807) is 44.2 Å². The summed E-state index contributed by atoms with van der Waals surface area (Å²) in [5.41, 5.74) is 0.925. The van der Waals surface area contributed by atoms with Gasteiger partial charge < -0.3 is 10.6 Å². The first-order valence-electron chi connectivity index (χ1n) is 7.25. The molecule has 2 aromatic rings. The number of hydrogen-bond acceptors (Lipinski definition) is 2. The lowest BCUT2D eigenvalue weighted by Crippen LogP contribution is -2.41. The minimum atomic E-state index is -1.25. The molecular weight excluding hydrogens is 312 g/mol. The van der Waals surface area contributed by atoms with Crippen LogP contribution in [-0.4, -0.2) is 11.8 Å². The van der Waals surface area contributed by atoms with Crippen molar-refractivity contribution in [2.45, 2.75) is 20.8 Å². The number of para-hydroxylation sites is 1. The highest BCUT2D eigenvalue weighted by Gasteiger charge is 2.36. The third-order valence-electron chi connectivity index (χ3n) is 3.53. The maximum Gasteiger partial charge on any atom is 0.239 e. The summed E-state index contributed by atoms with van der Waals surface area (Å²) in [5.74, 6) is -0.802. The molecule has 23 heavy (non-hydrogen) atoms. The Balaban J connectivity index is 2.11. The lowest BCUT2D eigenvalue weighted by Gasteiger charge is -2.23. The number of halogens is 1. The molecule has 4 nitrogen and oxygen atoms in total. The first-order chi connectivity index (χ1) is 10.8. The average molecular weight is 331 g/mol. The predicted octanol–water partition coefficient (Wildman–Crippen LogP) is 4.25. The quantitative estimate of drug-likeness (QED) is 0.823. The molecule has 0 aliphatic heterocycles. The van der Waals surface area contributed by atoms with Gasteiger partial charge in [-0.2, -0.15) is 0 Å². The van der Waals surface area contributed by atoms with Gasteiger partial charge in [-0.3, -0.25) is 9.59 Å². The Hall–Kier alpha value is -2.33. The van der Waals surface area contributed by atoms with Gasteiger partial charge in [-0.05, 0) is 50.6 Å². The highest BCUT2D eigenvalue weighted by Crippen LogP contribution is 2.25. The number of amides is 2. The lowest BCUT2D eigenvalue weighted by molar-refractivity contribution is -0.135. The molecule has 0 fully saturated rings. The minimum absolute atomic E-state index is 0.382. The zero-order chi connectivity index (χ0) is 17.0. The molecule has 0 heterocycles. The Morgan fingerprint density at radius 2 is 1.61 bits per heavy atom. The first kappa shape index (κ1) is 17.0. The van der Waals surface area contributed by atoms with Gasteiger partial charge in [0, 0.05) is 5.69 Å². The molecule has 0 radical (unpaired) electrons. The topological polar surface area (TPSA) is 58.2 Å². The van der Waals surface area contributed by atoms with Crippen LogP contribution in [0.25, 0.3) is 0 Å². The molecule has 2 aromatic carbocycles. The van der Waals surface area contributed by atoms with Crippen LogP contribution in [0.4, 0.5) is 11.4 Å². The van der Waals surface area contributed by atoms with Gasteiger partial charge in [0.1, 0.15) is 5.41 Å². The molecule has 0 spiro atoms. The van der Waals surface area contributed by atoms with E-state index in [0.717, 1.165) is 5.56 Å². The second kappa shape index (κ2) is 6.84. The molecule has 120 valence electrons. The molecule has 0 aliphatic carbocycles. The van der Waals surface area contributed by atoms with E-state index in [-0.39, 0.29) is 5.91 Å². The summed E-state index contributed by atoms with van der Waals surface area (Å²) in [6, 6.07) is 14.3. The van der Waals surface area contributed by atoms with Gasteiger partial charge >= 0.3 is 0 Å².